The number of benzene rings is 1. The molecule has 24 heavy (non-hydrogen) atoms. The summed E-state index contributed by atoms with van der Waals surface area (Å²) in [7, 11) is 0. The second kappa shape index (κ2) is 13.2. The quantitative estimate of drug-likeness (QED) is 0.306. The zero-order chi connectivity index (χ0) is 17.1. The van der Waals surface area contributed by atoms with Crippen LogP contribution < -0.4 is 15.4 Å². The van der Waals surface area contributed by atoms with Gasteiger partial charge in [-0.15, -0.1) is 24.0 Å². The minimum absolute atomic E-state index is 0. The lowest BCUT2D eigenvalue weighted by molar-refractivity contribution is 0.191. The zero-order valence-corrected chi connectivity index (χ0v) is 16.9. The van der Waals surface area contributed by atoms with E-state index in [-0.39, 0.29) is 54.2 Å². The predicted octanol–water partition coefficient (Wildman–Crippen LogP) is 2.78. The molecule has 0 aliphatic rings. The Labute approximate surface area is 161 Å². The van der Waals surface area contributed by atoms with E-state index in [4.69, 9.17) is 9.84 Å². The van der Waals surface area contributed by atoms with E-state index in [2.05, 4.69) is 15.6 Å². The molecule has 0 aliphatic carbocycles. The van der Waals surface area contributed by atoms with Crippen LogP contribution in [0.25, 0.3) is 0 Å². The lowest BCUT2D eigenvalue weighted by Gasteiger charge is -2.20. The van der Waals surface area contributed by atoms with Crippen molar-refractivity contribution in [3.63, 3.8) is 0 Å². The van der Waals surface area contributed by atoms with E-state index in [0.717, 1.165) is 13.0 Å². The van der Waals surface area contributed by atoms with Crippen molar-refractivity contribution < 1.29 is 14.2 Å². The minimum atomic E-state index is -0.358. The number of rotatable bonds is 9. The van der Waals surface area contributed by atoms with Gasteiger partial charge in [0.1, 0.15) is 6.10 Å². The van der Waals surface area contributed by atoms with E-state index in [9.17, 15) is 4.39 Å². The third-order valence-electron chi connectivity index (χ3n) is 3.30. The molecule has 0 aliphatic heterocycles. The standard InChI is InChI=1S/C17H28FN3O2.HI/c1-4-14(23-16-9-7-6-8-15(16)18)11-21-17(19-5-2)20-10-13(3)12-22;/h6-9,13-14,22H,4-5,10-12H2,1-3H3,(H2,19,20,21);1H. The molecule has 1 rings (SSSR count). The monoisotopic (exact) mass is 453 g/mol. The van der Waals surface area contributed by atoms with Crippen molar-refractivity contribution in [3.8, 4) is 5.75 Å². The maximum absolute atomic E-state index is 13.6. The van der Waals surface area contributed by atoms with Gasteiger partial charge in [-0.25, -0.2) is 4.39 Å². The summed E-state index contributed by atoms with van der Waals surface area (Å²) in [5.74, 6) is 0.686. The Morgan fingerprint density at radius 2 is 2.00 bits per heavy atom. The first-order valence-corrected chi connectivity index (χ1v) is 8.14. The van der Waals surface area contributed by atoms with Crippen LogP contribution in [0.4, 0.5) is 4.39 Å². The summed E-state index contributed by atoms with van der Waals surface area (Å²) >= 11 is 0. The summed E-state index contributed by atoms with van der Waals surface area (Å²) in [4.78, 5) is 4.42. The molecule has 1 aromatic carbocycles. The summed E-state index contributed by atoms with van der Waals surface area (Å²) in [5, 5.41) is 15.4. The van der Waals surface area contributed by atoms with Crippen LogP contribution in [0.1, 0.15) is 27.2 Å². The number of hydrogen-bond donors (Lipinski definition) is 3. The zero-order valence-electron chi connectivity index (χ0n) is 14.6. The van der Waals surface area contributed by atoms with E-state index in [1.807, 2.05) is 20.8 Å². The minimum Gasteiger partial charge on any atom is -0.486 e. The highest BCUT2D eigenvalue weighted by molar-refractivity contribution is 14.0. The van der Waals surface area contributed by atoms with Gasteiger partial charge >= 0.3 is 0 Å². The molecule has 0 amide bonds. The van der Waals surface area contributed by atoms with Crippen molar-refractivity contribution in [1.29, 1.82) is 0 Å². The van der Waals surface area contributed by atoms with Crippen molar-refractivity contribution in [3.05, 3.63) is 30.1 Å². The molecule has 138 valence electrons. The molecular weight excluding hydrogens is 424 g/mol. The van der Waals surface area contributed by atoms with E-state index < -0.39 is 0 Å². The Morgan fingerprint density at radius 1 is 1.29 bits per heavy atom. The maximum atomic E-state index is 13.6. The molecule has 2 unspecified atom stereocenters. The largest absolute Gasteiger partial charge is 0.486 e. The van der Waals surface area contributed by atoms with Crippen molar-refractivity contribution >= 4 is 29.9 Å². The Bertz CT molecular complexity index is 489. The third-order valence-corrected chi connectivity index (χ3v) is 3.30. The number of ether oxygens (including phenoxy) is 1. The summed E-state index contributed by atoms with van der Waals surface area (Å²) in [6.07, 6.45) is 0.583. The van der Waals surface area contributed by atoms with Crippen LogP contribution >= 0.6 is 24.0 Å². The Morgan fingerprint density at radius 3 is 2.58 bits per heavy atom. The van der Waals surface area contributed by atoms with Crippen LogP contribution in [-0.2, 0) is 0 Å². The van der Waals surface area contributed by atoms with Crippen molar-refractivity contribution in [2.24, 2.45) is 10.9 Å². The fraction of sp³-hybridized carbons (Fsp3) is 0.588. The number of hydrogen-bond acceptors (Lipinski definition) is 3. The normalized spacial score (nSPS) is 13.6. The lowest BCUT2D eigenvalue weighted by atomic mass is 10.2. The number of para-hydroxylation sites is 1. The average Bonchev–Trinajstić information content (AvgIpc) is 2.57. The van der Waals surface area contributed by atoms with E-state index >= 15 is 0 Å². The van der Waals surface area contributed by atoms with E-state index in [0.29, 0.717) is 19.0 Å². The van der Waals surface area contributed by atoms with Crippen LogP contribution in [0.2, 0.25) is 0 Å². The molecule has 1 aromatic rings. The summed E-state index contributed by atoms with van der Waals surface area (Å²) < 4.78 is 19.4. The van der Waals surface area contributed by atoms with Gasteiger partial charge in [-0.3, -0.25) is 4.99 Å². The molecular formula is C17H29FIN3O2. The summed E-state index contributed by atoms with van der Waals surface area (Å²) in [6.45, 7) is 7.82. The van der Waals surface area contributed by atoms with Gasteiger partial charge in [0, 0.05) is 19.7 Å². The topological polar surface area (TPSA) is 65.9 Å². The molecule has 5 nitrogen and oxygen atoms in total. The van der Waals surface area contributed by atoms with Gasteiger partial charge in [0.25, 0.3) is 0 Å². The number of nitrogens with one attached hydrogen (secondary N) is 2. The first-order valence-electron chi connectivity index (χ1n) is 8.14. The number of aliphatic imine (C=N–C) groups is 1. The summed E-state index contributed by atoms with van der Waals surface area (Å²) in [6, 6.07) is 6.40. The third kappa shape index (κ3) is 8.68. The van der Waals surface area contributed by atoms with Gasteiger partial charge < -0.3 is 20.5 Å². The van der Waals surface area contributed by atoms with E-state index in [1.54, 1.807) is 18.2 Å². The fourth-order valence-corrected chi connectivity index (χ4v) is 1.85. The Kier molecular flexibility index (Phi) is 12.6. The molecule has 0 bridgehead atoms. The lowest BCUT2D eigenvalue weighted by Crippen LogP contribution is -2.42. The van der Waals surface area contributed by atoms with Crippen LogP contribution in [0.15, 0.2) is 29.3 Å². The van der Waals surface area contributed by atoms with Gasteiger partial charge in [0.05, 0.1) is 6.54 Å². The van der Waals surface area contributed by atoms with Gasteiger partial charge in [0.15, 0.2) is 17.5 Å². The van der Waals surface area contributed by atoms with Gasteiger partial charge in [0.2, 0.25) is 0 Å². The smallest absolute Gasteiger partial charge is 0.191 e. The summed E-state index contributed by atoms with van der Waals surface area (Å²) in [5.41, 5.74) is 0. The molecule has 0 heterocycles. The maximum Gasteiger partial charge on any atom is 0.191 e. The first-order chi connectivity index (χ1) is 11.1. The van der Waals surface area contributed by atoms with Gasteiger partial charge in [-0.05, 0) is 31.4 Å². The van der Waals surface area contributed by atoms with Crippen LogP contribution in [0.5, 0.6) is 5.75 Å². The second-order valence-corrected chi connectivity index (χ2v) is 5.47. The fourth-order valence-electron chi connectivity index (χ4n) is 1.85. The molecule has 2 atom stereocenters. The van der Waals surface area contributed by atoms with Crippen molar-refractivity contribution in [1.82, 2.24) is 10.6 Å². The van der Waals surface area contributed by atoms with Gasteiger partial charge in [-0.1, -0.05) is 26.0 Å². The molecule has 0 radical (unpaired) electrons. The Balaban J connectivity index is 0.00000529. The number of aliphatic hydroxyl groups excluding tert-OH is 1. The highest BCUT2D eigenvalue weighted by atomic mass is 127. The highest BCUT2D eigenvalue weighted by Crippen LogP contribution is 2.17. The molecule has 0 aromatic heterocycles. The van der Waals surface area contributed by atoms with Crippen LogP contribution in [0.3, 0.4) is 0 Å². The van der Waals surface area contributed by atoms with Crippen LogP contribution in [-0.4, -0.2) is 43.4 Å². The molecule has 0 saturated heterocycles. The first kappa shape index (κ1) is 22.9. The molecule has 0 spiro atoms. The van der Waals surface area contributed by atoms with E-state index in [1.165, 1.54) is 6.07 Å². The number of halogens is 2. The highest BCUT2D eigenvalue weighted by Gasteiger charge is 2.12. The van der Waals surface area contributed by atoms with Crippen molar-refractivity contribution in [2.45, 2.75) is 33.3 Å². The second-order valence-electron chi connectivity index (χ2n) is 5.47. The average molecular weight is 453 g/mol. The molecule has 3 N–H and O–H groups in total. The molecule has 0 saturated carbocycles. The predicted molar refractivity (Wildman–Crippen MR) is 107 cm³/mol. The van der Waals surface area contributed by atoms with Crippen LogP contribution in [0, 0.1) is 11.7 Å². The SMILES string of the molecule is CCNC(=NCC(C)CO)NCC(CC)Oc1ccccc1F.I. The van der Waals surface area contributed by atoms with Crippen molar-refractivity contribution in [2.75, 3.05) is 26.2 Å². The number of aliphatic hydroxyl groups is 1. The number of guanidine groups is 1. The molecule has 7 heteroatoms. The number of nitrogens with zero attached hydrogens (tertiary/aromatic N) is 1. The molecule has 0 fully saturated rings. The van der Waals surface area contributed by atoms with Gasteiger partial charge in [-0.2, -0.15) is 0 Å². The Hall–Kier alpha value is -1.09.